The number of carbonyl (C=O) groups excluding carboxylic acids is 12. The van der Waals surface area contributed by atoms with Crippen molar-refractivity contribution in [2.24, 2.45) is 35.5 Å². The maximum atomic E-state index is 15.6. The second kappa shape index (κ2) is 37.5. The van der Waals surface area contributed by atoms with E-state index in [0.29, 0.717) is 45.2 Å². The van der Waals surface area contributed by atoms with E-state index >= 15 is 23.6 Å². The average molecular weight is 1470 g/mol. The summed E-state index contributed by atoms with van der Waals surface area (Å²) in [5.41, 5.74) is -1.73. The Balaban J connectivity index is 1.44. The third-order valence-electron chi connectivity index (χ3n) is 23.1. The minimum Gasteiger partial charge on any atom is -0.343 e. The Morgan fingerprint density at radius 1 is 0.569 bits per heavy atom. The number of nitrogens with one attached hydrogen (secondary N) is 3. The van der Waals surface area contributed by atoms with Crippen molar-refractivity contribution in [2.45, 2.75) is 260 Å². The normalized spacial score (nSPS) is 31.2. The Labute approximate surface area is 604 Å². The third-order valence-corrected chi connectivity index (χ3v) is 23.6. The molecule has 2 saturated heterocycles. The first kappa shape index (κ1) is 84.5. The lowest BCUT2D eigenvalue weighted by molar-refractivity contribution is -0.182. The number of alkyl halides is 6. The SMILES string of the molecule is CC[C@H](C)[C@@H]1NC(=O)[C@H](C)N(C)C(=O)C[C@@H](C(=O)N2CCCCC2)N(C)C(=O)[C@H](C(C)C)N(C)C(=O)C2(CCCC2)NC(=O)[C@H](CC2CCC(F)C(F)C2)N(C)C(=O)[C@H](CCC2CCC(C(F)(F)F)C(Cl)C2)NC(=O)CN(C)C(=O)[C@H](CC2CCCCC2)N(C)C(=O)CN(C)C(=O)CN(C)C1=O. The van der Waals surface area contributed by atoms with Crippen molar-refractivity contribution in [3.63, 3.8) is 0 Å². The van der Waals surface area contributed by atoms with Gasteiger partial charge in [0.05, 0.1) is 32.0 Å². The quantitative estimate of drug-likeness (QED) is 0.153. The van der Waals surface area contributed by atoms with Gasteiger partial charge in [-0.2, -0.15) is 13.2 Å². The second-order valence-corrected chi connectivity index (χ2v) is 31.4. The summed E-state index contributed by atoms with van der Waals surface area (Å²) in [6.07, 6.45) is -2.07. The molecule has 14 atom stereocenters. The zero-order valence-electron chi connectivity index (χ0n) is 62.4. The summed E-state index contributed by atoms with van der Waals surface area (Å²) in [5.74, 6) is -12.8. The van der Waals surface area contributed by atoms with Crippen LogP contribution in [0.3, 0.4) is 0 Å². The van der Waals surface area contributed by atoms with Crippen LogP contribution in [0.25, 0.3) is 0 Å². The monoisotopic (exact) mass is 1470 g/mol. The number of hydrogen-bond donors (Lipinski definition) is 3. The van der Waals surface area contributed by atoms with Gasteiger partial charge < -0.3 is 60.0 Å². The number of halogens is 6. The summed E-state index contributed by atoms with van der Waals surface area (Å²) in [6.45, 7) is 7.22. The summed E-state index contributed by atoms with van der Waals surface area (Å²) < 4.78 is 72.5. The molecule has 0 bridgehead atoms. The molecule has 6 aliphatic rings. The maximum Gasteiger partial charge on any atom is 0.393 e. The predicted octanol–water partition coefficient (Wildman–Crippen LogP) is 6.24. The van der Waals surface area contributed by atoms with Gasteiger partial charge in [0.15, 0.2) is 0 Å². The van der Waals surface area contributed by atoms with Gasteiger partial charge in [-0.3, -0.25) is 57.5 Å². The lowest BCUT2D eigenvalue weighted by Crippen LogP contribution is -2.65. The maximum absolute atomic E-state index is 15.6. The zero-order valence-corrected chi connectivity index (χ0v) is 63.2. The van der Waals surface area contributed by atoms with E-state index in [1.54, 1.807) is 32.6 Å². The third kappa shape index (κ3) is 21.6. The molecule has 4 saturated carbocycles. The lowest BCUT2D eigenvalue weighted by atomic mass is 9.78. The fourth-order valence-corrected chi connectivity index (χ4v) is 16.5. The number of nitrogens with zero attached hydrogens (tertiary/aromatic N) is 9. The topological polar surface area (TPSA) is 270 Å². The zero-order chi connectivity index (χ0) is 76.0. The molecule has 2 aliphatic heterocycles. The Hall–Kier alpha value is -6.42. The molecular formula is C72H116ClF5N12O12. The smallest absolute Gasteiger partial charge is 0.343 e. The van der Waals surface area contributed by atoms with Gasteiger partial charge in [0.25, 0.3) is 0 Å². The number of likely N-dealkylation sites (N-methyl/N-ethyl adjacent to an activating group) is 8. The molecule has 0 aromatic carbocycles. The molecule has 0 aromatic heterocycles. The van der Waals surface area contributed by atoms with Gasteiger partial charge in [0, 0.05) is 74.8 Å². The highest BCUT2D eigenvalue weighted by atomic mass is 35.5. The summed E-state index contributed by atoms with van der Waals surface area (Å²) in [4.78, 5) is 189. The Morgan fingerprint density at radius 2 is 1.16 bits per heavy atom. The van der Waals surface area contributed by atoms with Crippen molar-refractivity contribution in [3.05, 3.63) is 0 Å². The van der Waals surface area contributed by atoms with Crippen LogP contribution in [0.15, 0.2) is 0 Å². The Bertz CT molecular complexity index is 2950. The van der Waals surface area contributed by atoms with E-state index in [4.69, 9.17) is 11.6 Å². The standard InChI is InChI=1S/C72H116ClF5N12O12/c1-14-44(4)61-68(100)84(8)41-59(93)82(6)42-60(94)86(10)55(37-46-23-17-15-18-24-46)66(98)83(7)40-57(91)79-53(30-27-47-25-28-49(50(73)35-47)72(76,77)78)65(97)87(11)54(38-48-26-29-51(74)52(75)36-48)64(96)81-71(31-19-20-32-71)70(102)89(13)62(43(2)3)69(101)88(12)56(67(99)90-33-21-16-22-34-90)39-58(92)85(9)45(5)63(95)80-61/h43-56,61-62H,14-42H2,1-13H3,(H,79,91)(H,80,95)(H,81,96)/t44-,45-,47?,48?,49?,50?,51?,52?,53-,54-,55-,56-,61-,62-/m0/s1. The molecule has 6 fully saturated rings. The van der Waals surface area contributed by atoms with E-state index in [9.17, 15) is 55.9 Å². The number of hydrogen-bond acceptors (Lipinski definition) is 12. The van der Waals surface area contributed by atoms with Crippen LogP contribution >= 0.6 is 11.6 Å². The van der Waals surface area contributed by atoms with Gasteiger partial charge in [-0.25, -0.2) is 8.78 Å². The number of likely N-dealkylation sites (tertiary alicyclic amines) is 1. The predicted molar refractivity (Wildman–Crippen MR) is 373 cm³/mol. The van der Waals surface area contributed by atoms with Crippen LogP contribution in [0.1, 0.15) is 189 Å². The summed E-state index contributed by atoms with van der Waals surface area (Å²) in [5, 5.41) is 7.23. The fourth-order valence-electron chi connectivity index (χ4n) is 16.0. The highest BCUT2D eigenvalue weighted by molar-refractivity contribution is 6.21. The molecule has 2 heterocycles. The van der Waals surface area contributed by atoms with Crippen LogP contribution in [0.2, 0.25) is 0 Å². The van der Waals surface area contributed by atoms with Gasteiger partial charge in [0.2, 0.25) is 70.9 Å². The molecule has 578 valence electrons. The van der Waals surface area contributed by atoms with Crippen molar-refractivity contribution in [1.82, 2.24) is 60.0 Å². The number of amides is 12. The van der Waals surface area contributed by atoms with Crippen molar-refractivity contribution >= 4 is 82.5 Å². The Kier molecular flexibility index (Phi) is 31.1. The van der Waals surface area contributed by atoms with Crippen LogP contribution in [0.5, 0.6) is 0 Å². The van der Waals surface area contributed by atoms with E-state index in [0.717, 1.165) is 67.9 Å². The van der Waals surface area contributed by atoms with Gasteiger partial charge >= 0.3 is 6.18 Å². The molecular weight excluding hydrogens is 1360 g/mol. The van der Waals surface area contributed by atoms with Crippen LogP contribution in [0.4, 0.5) is 22.0 Å². The molecule has 12 amide bonds. The van der Waals surface area contributed by atoms with Crippen LogP contribution in [-0.2, 0) is 57.5 Å². The van der Waals surface area contributed by atoms with Gasteiger partial charge in [-0.15, -0.1) is 11.6 Å². The molecule has 102 heavy (non-hydrogen) atoms. The largest absolute Gasteiger partial charge is 0.393 e. The molecule has 6 rings (SSSR count). The second-order valence-electron chi connectivity index (χ2n) is 30.8. The van der Waals surface area contributed by atoms with Crippen molar-refractivity contribution in [3.8, 4) is 0 Å². The van der Waals surface area contributed by atoms with E-state index in [2.05, 4.69) is 16.0 Å². The molecule has 3 N–H and O–H groups in total. The molecule has 1 spiro atoms. The number of rotatable bonds is 11. The molecule has 4 aliphatic carbocycles. The van der Waals surface area contributed by atoms with Gasteiger partial charge in [-0.05, 0) is 133 Å². The Morgan fingerprint density at radius 3 is 1.75 bits per heavy atom. The van der Waals surface area contributed by atoms with Crippen LogP contribution in [0, 0.1) is 35.5 Å². The van der Waals surface area contributed by atoms with E-state index in [1.807, 2.05) is 0 Å². The van der Waals surface area contributed by atoms with E-state index in [1.165, 1.54) is 73.1 Å². The minimum absolute atomic E-state index is 0.0137. The summed E-state index contributed by atoms with van der Waals surface area (Å²) in [7, 11) is 10.9. The van der Waals surface area contributed by atoms with E-state index < -0.39 is 198 Å². The first-order valence-electron chi connectivity index (χ1n) is 37.1. The van der Waals surface area contributed by atoms with Crippen LogP contribution < -0.4 is 16.0 Å². The lowest BCUT2D eigenvalue weighted by Gasteiger charge is -2.42. The van der Waals surface area contributed by atoms with Crippen LogP contribution in [-0.4, -0.2) is 276 Å². The first-order chi connectivity index (χ1) is 47.8. The highest BCUT2D eigenvalue weighted by Crippen LogP contribution is 2.44. The van der Waals surface area contributed by atoms with Crippen molar-refractivity contribution in [2.75, 3.05) is 89.1 Å². The number of carbonyl (C=O) groups is 12. The fraction of sp³-hybridized carbons (Fsp3) is 0.833. The molecule has 0 radical (unpaired) electrons. The molecule has 6 unspecified atom stereocenters. The number of piperidine rings is 1. The summed E-state index contributed by atoms with van der Waals surface area (Å²) >= 11 is 6.41. The van der Waals surface area contributed by atoms with Gasteiger partial charge in [-0.1, -0.05) is 79.1 Å². The van der Waals surface area contributed by atoms with Crippen molar-refractivity contribution < 1.29 is 79.5 Å². The first-order valence-corrected chi connectivity index (χ1v) is 37.5. The highest BCUT2D eigenvalue weighted by Gasteiger charge is 2.51. The van der Waals surface area contributed by atoms with Gasteiger partial charge in [0.1, 0.15) is 60.2 Å². The minimum atomic E-state index is -4.56. The van der Waals surface area contributed by atoms with E-state index in [-0.39, 0.29) is 83.0 Å². The molecule has 30 heteroatoms. The average Bonchev–Trinajstić information content (AvgIpc) is 1.41. The summed E-state index contributed by atoms with van der Waals surface area (Å²) in [6, 6.07) is -9.50. The molecule has 24 nitrogen and oxygen atoms in total. The molecule has 0 aromatic rings. The van der Waals surface area contributed by atoms with Crippen molar-refractivity contribution in [1.29, 1.82) is 0 Å².